The van der Waals surface area contributed by atoms with E-state index in [0.29, 0.717) is 44.5 Å². The summed E-state index contributed by atoms with van der Waals surface area (Å²) in [5.41, 5.74) is 2.02. The molecule has 8 heteroatoms. The summed E-state index contributed by atoms with van der Waals surface area (Å²) in [6.07, 6.45) is 0. The maximum absolute atomic E-state index is 11.9. The van der Waals surface area contributed by atoms with Gasteiger partial charge in [-0.1, -0.05) is 18.2 Å². The number of hydrogen-bond acceptors (Lipinski definition) is 6. The van der Waals surface area contributed by atoms with Crippen LogP contribution in [-0.2, 0) is 10.1 Å². The standard InChI is InChI=1S/C20H16N2O5S/c1-26-13-7-9-15-18(11-13)27-17-10-12(22-21)6-8-14(17)20(15)16-4-2-3-5-19(16)28(23,24)25/h2-11H,21H2,1H3,(H,23,24,25). The Balaban J connectivity index is 2.21. The van der Waals surface area contributed by atoms with Crippen LogP contribution in [0.2, 0.25) is 0 Å². The number of hydrazine groups is 1. The fraction of sp³-hybridized carbons (Fsp3) is 0.0500. The number of hydrogen-bond donors (Lipinski definition) is 2. The molecule has 0 saturated carbocycles. The Morgan fingerprint density at radius 1 is 1.04 bits per heavy atom. The van der Waals surface area contributed by atoms with Crippen molar-refractivity contribution in [3.05, 3.63) is 66.0 Å². The van der Waals surface area contributed by atoms with Crippen LogP contribution >= 0.6 is 0 Å². The third kappa shape index (κ3) is 2.98. The van der Waals surface area contributed by atoms with Gasteiger partial charge in [-0.05, 0) is 24.3 Å². The Morgan fingerprint density at radius 2 is 1.82 bits per heavy atom. The summed E-state index contributed by atoms with van der Waals surface area (Å²) < 4.78 is 46.9. The molecular weight excluding hydrogens is 380 g/mol. The van der Waals surface area contributed by atoms with E-state index in [4.69, 9.17) is 15.0 Å². The van der Waals surface area contributed by atoms with Gasteiger partial charge in [0.1, 0.15) is 27.2 Å². The van der Waals surface area contributed by atoms with E-state index in [2.05, 4.69) is 5.10 Å². The Bertz CT molecular complexity index is 1340. The third-order valence-electron chi connectivity index (χ3n) is 4.52. The van der Waals surface area contributed by atoms with E-state index < -0.39 is 10.1 Å². The summed E-state index contributed by atoms with van der Waals surface area (Å²) in [6, 6.07) is 16.5. The molecule has 4 rings (SSSR count). The average molecular weight is 396 g/mol. The molecule has 28 heavy (non-hydrogen) atoms. The van der Waals surface area contributed by atoms with Gasteiger partial charge in [-0.15, -0.1) is 5.10 Å². The second-order valence-electron chi connectivity index (χ2n) is 6.14. The van der Waals surface area contributed by atoms with Gasteiger partial charge in [0.05, 0.1) is 18.1 Å². The molecule has 2 aliphatic rings. The Labute approximate surface area is 160 Å². The van der Waals surface area contributed by atoms with Gasteiger partial charge in [0, 0.05) is 34.2 Å². The lowest BCUT2D eigenvalue weighted by Crippen LogP contribution is -2.83. The predicted octanol–water partition coefficient (Wildman–Crippen LogP) is 0.972. The minimum absolute atomic E-state index is 0.291. The van der Waals surface area contributed by atoms with Crippen molar-refractivity contribution in [2.75, 3.05) is 7.11 Å². The van der Waals surface area contributed by atoms with Crippen LogP contribution in [0.25, 0.3) is 33.4 Å². The largest absolute Gasteiger partial charge is 0.744 e. The first-order valence-corrected chi connectivity index (χ1v) is 9.73. The molecule has 1 aliphatic heterocycles. The van der Waals surface area contributed by atoms with Gasteiger partial charge in [0.15, 0.2) is 0 Å². The van der Waals surface area contributed by atoms with Crippen molar-refractivity contribution < 1.29 is 27.2 Å². The maximum Gasteiger partial charge on any atom is 0.229 e. The van der Waals surface area contributed by atoms with Crippen molar-refractivity contribution in [1.29, 1.82) is 0 Å². The van der Waals surface area contributed by atoms with Gasteiger partial charge in [-0.3, -0.25) is 0 Å². The molecule has 0 radical (unpaired) electrons. The van der Waals surface area contributed by atoms with E-state index in [9.17, 15) is 13.0 Å². The van der Waals surface area contributed by atoms with Crippen LogP contribution in [0.5, 0.6) is 5.75 Å². The molecular formula is C20H16N2O5S. The summed E-state index contributed by atoms with van der Waals surface area (Å²) >= 11 is 0. The number of fused-ring (bicyclic) bond motifs is 2. The molecule has 7 nitrogen and oxygen atoms in total. The van der Waals surface area contributed by atoms with E-state index >= 15 is 0 Å². The number of nitrogens with two attached hydrogens (primary N) is 1. The zero-order valence-electron chi connectivity index (χ0n) is 14.8. The number of nitrogens with one attached hydrogen (secondary N) is 1. The molecule has 1 aliphatic carbocycles. The Hall–Kier alpha value is -3.36. The molecule has 0 unspecified atom stereocenters. The second-order valence-corrected chi connectivity index (χ2v) is 7.49. The van der Waals surface area contributed by atoms with Gasteiger partial charge in [0.2, 0.25) is 5.36 Å². The summed E-state index contributed by atoms with van der Waals surface area (Å²) in [7, 11) is -3.14. The maximum atomic E-state index is 11.9. The number of methoxy groups -OCH3 is 1. The fourth-order valence-electron chi connectivity index (χ4n) is 3.27. The average Bonchev–Trinajstić information content (AvgIpc) is 2.70. The summed E-state index contributed by atoms with van der Waals surface area (Å²) in [5.74, 6) is 6.56. The van der Waals surface area contributed by atoms with Crippen LogP contribution < -0.4 is 21.0 Å². The Morgan fingerprint density at radius 3 is 2.54 bits per heavy atom. The molecule has 1 heterocycles. The quantitative estimate of drug-likeness (QED) is 0.230. The van der Waals surface area contributed by atoms with Crippen molar-refractivity contribution in [1.82, 2.24) is 0 Å². The predicted molar refractivity (Wildman–Crippen MR) is 101 cm³/mol. The lowest BCUT2D eigenvalue weighted by atomic mass is 9.93. The first kappa shape index (κ1) is 18.0. The molecule has 142 valence electrons. The van der Waals surface area contributed by atoms with Crippen LogP contribution in [-0.4, -0.2) is 20.1 Å². The first-order valence-electron chi connectivity index (χ1n) is 8.32. The van der Waals surface area contributed by atoms with E-state index in [1.54, 1.807) is 55.6 Å². The molecule has 0 fully saturated rings. The normalized spacial score (nSPS) is 12.6. The fourth-order valence-corrected chi connectivity index (χ4v) is 3.95. The number of rotatable bonds is 3. The zero-order chi connectivity index (χ0) is 19.9. The lowest BCUT2D eigenvalue weighted by molar-refractivity contribution is -0.512. The van der Waals surface area contributed by atoms with E-state index in [1.165, 1.54) is 12.1 Å². The molecule has 0 atom stereocenters. The van der Waals surface area contributed by atoms with Crippen molar-refractivity contribution in [2.24, 2.45) is 5.84 Å². The number of benzene rings is 3. The molecule has 2 aromatic rings. The van der Waals surface area contributed by atoms with Crippen molar-refractivity contribution in [3.63, 3.8) is 0 Å². The molecule has 3 N–H and O–H groups in total. The summed E-state index contributed by atoms with van der Waals surface area (Å²) in [5, 5.41) is 3.82. The monoisotopic (exact) mass is 396 g/mol. The van der Waals surface area contributed by atoms with Gasteiger partial charge in [-0.25, -0.2) is 14.3 Å². The second kappa shape index (κ2) is 6.66. The van der Waals surface area contributed by atoms with Crippen LogP contribution in [0.4, 0.5) is 0 Å². The van der Waals surface area contributed by atoms with Gasteiger partial charge >= 0.3 is 0 Å². The molecule has 0 spiro atoms. The van der Waals surface area contributed by atoms with E-state index in [1.807, 2.05) is 0 Å². The van der Waals surface area contributed by atoms with Gasteiger partial charge < -0.3 is 13.7 Å². The zero-order valence-corrected chi connectivity index (χ0v) is 15.6. The summed E-state index contributed by atoms with van der Waals surface area (Å²) in [4.78, 5) is -0.291. The minimum atomic E-state index is -4.68. The Kier molecular flexibility index (Phi) is 4.29. The van der Waals surface area contributed by atoms with Crippen molar-refractivity contribution >= 4 is 21.1 Å². The molecule has 0 saturated heterocycles. The SMILES string of the molecule is COc1ccc2c(-c3ccccc3S(=O)(=O)[O-])c3ccc(=[NH+]N)cc-3oc2c1. The molecule has 0 aromatic heterocycles. The highest BCUT2D eigenvalue weighted by Gasteiger charge is 2.21. The number of ether oxygens (including phenoxy) is 1. The van der Waals surface area contributed by atoms with E-state index in [-0.39, 0.29) is 4.90 Å². The molecule has 2 aromatic carbocycles. The highest BCUT2D eigenvalue weighted by Crippen LogP contribution is 2.42. The highest BCUT2D eigenvalue weighted by molar-refractivity contribution is 7.85. The topological polar surface area (TPSA) is 120 Å². The molecule has 0 amide bonds. The van der Waals surface area contributed by atoms with Crippen LogP contribution in [0.1, 0.15) is 0 Å². The van der Waals surface area contributed by atoms with Crippen molar-refractivity contribution in [3.8, 4) is 28.2 Å². The van der Waals surface area contributed by atoms with Crippen molar-refractivity contribution in [2.45, 2.75) is 4.90 Å². The summed E-state index contributed by atoms with van der Waals surface area (Å²) in [6.45, 7) is 0. The van der Waals surface area contributed by atoms with Crippen LogP contribution in [0.15, 0.2) is 70.0 Å². The first-order chi connectivity index (χ1) is 13.4. The lowest BCUT2D eigenvalue weighted by Gasteiger charge is -2.19. The van der Waals surface area contributed by atoms with Crippen LogP contribution in [0.3, 0.4) is 0 Å². The van der Waals surface area contributed by atoms with E-state index in [0.717, 1.165) is 0 Å². The van der Waals surface area contributed by atoms with Gasteiger partial charge in [0.25, 0.3) is 0 Å². The highest BCUT2D eigenvalue weighted by atomic mass is 32.2. The third-order valence-corrected chi connectivity index (χ3v) is 5.42. The molecule has 0 bridgehead atoms. The minimum Gasteiger partial charge on any atom is -0.744 e. The van der Waals surface area contributed by atoms with Gasteiger partial charge in [-0.2, -0.15) is 0 Å². The smallest absolute Gasteiger partial charge is 0.229 e. The van der Waals surface area contributed by atoms with Crippen LogP contribution in [0, 0.1) is 0 Å².